The molecular formula is C21H21N2+. The Morgan fingerprint density at radius 3 is 2.57 bits per heavy atom. The molecule has 0 saturated heterocycles. The van der Waals surface area contributed by atoms with E-state index >= 15 is 0 Å². The Hall–Kier alpha value is -2.61. The third-order valence-electron chi connectivity index (χ3n) is 4.87. The van der Waals surface area contributed by atoms with Crippen LogP contribution in [0.5, 0.6) is 0 Å². The average Bonchev–Trinajstić information content (AvgIpc) is 2.97. The van der Waals surface area contributed by atoms with Crippen LogP contribution < -0.4 is 4.57 Å². The number of aromatic nitrogens is 2. The molecule has 3 aromatic heterocycles. The van der Waals surface area contributed by atoms with Crippen molar-refractivity contribution in [1.29, 1.82) is 0 Å². The van der Waals surface area contributed by atoms with Gasteiger partial charge in [-0.3, -0.25) is 0 Å². The SMILES string of the molecule is Cc1cc(-c2c(C)ccc3cc4cccn4cc23)[n+](C)cc1C. The summed E-state index contributed by atoms with van der Waals surface area (Å²) in [6.45, 7) is 6.55. The highest BCUT2D eigenvalue weighted by Crippen LogP contribution is 2.31. The lowest BCUT2D eigenvalue weighted by molar-refractivity contribution is -0.660. The molecule has 4 aromatic rings. The van der Waals surface area contributed by atoms with Crippen LogP contribution in [0.3, 0.4) is 0 Å². The van der Waals surface area contributed by atoms with Crippen LogP contribution in [-0.4, -0.2) is 4.40 Å². The van der Waals surface area contributed by atoms with Crippen LogP contribution in [0.1, 0.15) is 16.7 Å². The maximum absolute atomic E-state index is 2.30. The molecule has 1 aromatic carbocycles. The van der Waals surface area contributed by atoms with Crippen LogP contribution in [-0.2, 0) is 7.05 Å². The Labute approximate surface area is 136 Å². The largest absolute Gasteiger partial charge is 0.323 e. The van der Waals surface area contributed by atoms with E-state index in [4.69, 9.17) is 0 Å². The van der Waals surface area contributed by atoms with Gasteiger partial charge in [-0.05, 0) is 55.5 Å². The van der Waals surface area contributed by atoms with E-state index in [0.717, 1.165) is 0 Å². The Morgan fingerprint density at radius 2 is 1.74 bits per heavy atom. The van der Waals surface area contributed by atoms with Crippen molar-refractivity contribution in [3.63, 3.8) is 0 Å². The molecule has 0 aliphatic rings. The highest BCUT2D eigenvalue weighted by atomic mass is 14.9. The first kappa shape index (κ1) is 14.0. The van der Waals surface area contributed by atoms with Gasteiger partial charge in [-0.1, -0.05) is 12.1 Å². The van der Waals surface area contributed by atoms with Crippen molar-refractivity contribution in [2.75, 3.05) is 0 Å². The van der Waals surface area contributed by atoms with E-state index in [1.807, 2.05) is 0 Å². The van der Waals surface area contributed by atoms with Gasteiger partial charge in [0.1, 0.15) is 7.05 Å². The first-order valence-electron chi connectivity index (χ1n) is 8.02. The summed E-state index contributed by atoms with van der Waals surface area (Å²) in [5.74, 6) is 0. The number of aryl methyl sites for hydroxylation is 4. The quantitative estimate of drug-likeness (QED) is 0.457. The predicted octanol–water partition coefficient (Wildman–Crippen LogP) is 4.51. The molecule has 0 aliphatic carbocycles. The van der Waals surface area contributed by atoms with Crippen LogP contribution in [0.4, 0.5) is 0 Å². The van der Waals surface area contributed by atoms with E-state index in [-0.39, 0.29) is 0 Å². The molecule has 0 radical (unpaired) electrons. The topological polar surface area (TPSA) is 8.29 Å². The fourth-order valence-corrected chi connectivity index (χ4v) is 3.43. The zero-order valence-electron chi connectivity index (χ0n) is 14.1. The number of pyridine rings is 2. The van der Waals surface area contributed by atoms with Gasteiger partial charge in [0.2, 0.25) is 5.69 Å². The first-order valence-corrected chi connectivity index (χ1v) is 8.02. The lowest BCUT2D eigenvalue weighted by Crippen LogP contribution is -2.31. The maximum atomic E-state index is 2.30. The van der Waals surface area contributed by atoms with E-state index in [1.54, 1.807) is 0 Å². The highest BCUT2D eigenvalue weighted by Gasteiger charge is 2.17. The summed E-state index contributed by atoms with van der Waals surface area (Å²) in [4.78, 5) is 0. The molecule has 0 atom stereocenters. The standard InChI is InChI=1S/C21H21N2/c1-14-7-8-17-11-18-6-5-9-23(18)13-19(17)21(14)20-10-15(2)16(3)12-22(20)4/h5-13H,1-4H3/q+1. The lowest BCUT2D eigenvalue weighted by Gasteiger charge is -2.11. The molecule has 0 N–H and O–H groups in total. The molecule has 3 heterocycles. The van der Waals surface area contributed by atoms with Crippen molar-refractivity contribution in [3.8, 4) is 11.3 Å². The van der Waals surface area contributed by atoms with Crippen molar-refractivity contribution in [3.05, 3.63) is 71.7 Å². The van der Waals surface area contributed by atoms with Crippen LogP contribution in [0.25, 0.3) is 27.5 Å². The zero-order valence-corrected chi connectivity index (χ0v) is 14.1. The molecule has 0 fully saturated rings. The molecule has 0 aliphatic heterocycles. The van der Waals surface area contributed by atoms with E-state index in [2.05, 4.69) is 91.8 Å². The van der Waals surface area contributed by atoms with Gasteiger partial charge in [-0.2, -0.15) is 0 Å². The van der Waals surface area contributed by atoms with Crippen molar-refractivity contribution >= 4 is 16.3 Å². The normalized spacial score (nSPS) is 11.5. The van der Waals surface area contributed by atoms with Crippen molar-refractivity contribution in [2.24, 2.45) is 7.05 Å². The number of hydrogen-bond donors (Lipinski definition) is 0. The average molecular weight is 301 g/mol. The highest BCUT2D eigenvalue weighted by molar-refractivity contribution is 5.98. The van der Waals surface area contributed by atoms with E-state index < -0.39 is 0 Å². The molecule has 2 nitrogen and oxygen atoms in total. The Morgan fingerprint density at radius 1 is 0.913 bits per heavy atom. The van der Waals surface area contributed by atoms with Gasteiger partial charge in [-0.15, -0.1) is 0 Å². The van der Waals surface area contributed by atoms with Crippen LogP contribution in [0.2, 0.25) is 0 Å². The summed E-state index contributed by atoms with van der Waals surface area (Å²) in [5.41, 5.74) is 7.78. The van der Waals surface area contributed by atoms with Crippen molar-refractivity contribution in [1.82, 2.24) is 4.40 Å². The van der Waals surface area contributed by atoms with Crippen LogP contribution in [0, 0.1) is 20.8 Å². The molecule has 0 unspecified atom stereocenters. The minimum Gasteiger partial charge on any atom is -0.323 e. The van der Waals surface area contributed by atoms with Gasteiger partial charge in [0.25, 0.3) is 0 Å². The van der Waals surface area contributed by atoms with Gasteiger partial charge in [-0.25, -0.2) is 4.57 Å². The summed E-state index contributed by atoms with van der Waals surface area (Å²) in [6, 6.07) is 13.3. The molecule has 114 valence electrons. The third-order valence-corrected chi connectivity index (χ3v) is 4.87. The lowest BCUT2D eigenvalue weighted by atomic mass is 9.96. The molecule has 0 amide bonds. The number of benzene rings is 1. The number of hydrogen-bond acceptors (Lipinski definition) is 0. The molecule has 23 heavy (non-hydrogen) atoms. The second kappa shape index (κ2) is 4.95. The molecule has 0 saturated carbocycles. The fourth-order valence-electron chi connectivity index (χ4n) is 3.43. The smallest absolute Gasteiger partial charge is 0.213 e. The predicted molar refractivity (Wildman–Crippen MR) is 95.7 cm³/mol. The Kier molecular flexibility index (Phi) is 3.02. The minimum atomic E-state index is 1.23. The number of rotatable bonds is 1. The Balaban J connectivity index is 2.13. The van der Waals surface area contributed by atoms with Gasteiger partial charge in [0, 0.05) is 34.9 Å². The monoisotopic (exact) mass is 301 g/mol. The zero-order chi connectivity index (χ0) is 16.1. The molecule has 0 bridgehead atoms. The summed E-state index contributed by atoms with van der Waals surface area (Å²) >= 11 is 0. The van der Waals surface area contributed by atoms with Gasteiger partial charge < -0.3 is 4.40 Å². The summed E-state index contributed by atoms with van der Waals surface area (Å²) in [6.07, 6.45) is 6.58. The maximum Gasteiger partial charge on any atom is 0.213 e. The Bertz CT molecular complexity index is 1050. The third kappa shape index (κ3) is 2.14. The molecular weight excluding hydrogens is 280 g/mol. The molecule has 2 heteroatoms. The summed E-state index contributed by atoms with van der Waals surface area (Å²) < 4.78 is 4.44. The summed E-state index contributed by atoms with van der Waals surface area (Å²) in [5, 5.41) is 2.59. The molecule has 4 rings (SSSR count). The van der Waals surface area contributed by atoms with Gasteiger partial charge in [0.15, 0.2) is 6.20 Å². The van der Waals surface area contributed by atoms with Gasteiger partial charge >= 0.3 is 0 Å². The van der Waals surface area contributed by atoms with Crippen molar-refractivity contribution in [2.45, 2.75) is 20.8 Å². The molecule has 0 spiro atoms. The van der Waals surface area contributed by atoms with E-state index in [0.29, 0.717) is 0 Å². The number of fused-ring (bicyclic) bond motifs is 2. The van der Waals surface area contributed by atoms with E-state index in [9.17, 15) is 0 Å². The van der Waals surface area contributed by atoms with Crippen LogP contribution >= 0.6 is 0 Å². The van der Waals surface area contributed by atoms with E-state index in [1.165, 1.54) is 44.2 Å². The minimum absolute atomic E-state index is 1.23. The first-order chi connectivity index (χ1) is 11.0. The number of nitrogens with zero attached hydrogens (tertiary/aromatic N) is 2. The van der Waals surface area contributed by atoms with Crippen LogP contribution in [0.15, 0.2) is 55.0 Å². The second-order valence-electron chi connectivity index (χ2n) is 6.51. The van der Waals surface area contributed by atoms with Crippen molar-refractivity contribution < 1.29 is 4.57 Å². The van der Waals surface area contributed by atoms with Gasteiger partial charge in [0.05, 0.1) is 5.56 Å². The second-order valence-corrected chi connectivity index (χ2v) is 6.51. The summed E-state index contributed by atoms with van der Waals surface area (Å²) in [7, 11) is 2.13. The fraction of sp³-hybridized carbons (Fsp3) is 0.190.